The van der Waals surface area contributed by atoms with Crippen molar-refractivity contribution in [2.75, 3.05) is 5.73 Å². The quantitative estimate of drug-likeness (QED) is 0.159. The number of aromatic amines is 1. The fourth-order valence-electron chi connectivity index (χ4n) is 5.02. The second-order valence-electron chi connectivity index (χ2n) is 10.0. The highest BCUT2D eigenvalue weighted by Crippen LogP contribution is 2.23. The molecule has 0 amide bonds. The maximum absolute atomic E-state index is 13.0. The van der Waals surface area contributed by atoms with E-state index < -0.39 is 0 Å². The monoisotopic (exact) mass is 580 g/mol. The van der Waals surface area contributed by atoms with Gasteiger partial charge in [-0.3, -0.25) is 14.3 Å². The lowest BCUT2D eigenvalue weighted by Crippen LogP contribution is -2.34. The summed E-state index contributed by atoms with van der Waals surface area (Å²) in [6, 6.07) is 33.2. The number of imidazole rings is 1. The van der Waals surface area contributed by atoms with E-state index in [1.807, 2.05) is 39.7 Å². The van der Waals surface area contributed by atoms with E-state index in [9.17, 15) is 4.79 Å². The van der Waals surface area contributed by atoms with Crippen LogP contribution in [-0.2, 0) is 24.8 Å². The summed E-state index contributed by atoms with van der Waals surface area (Å²) in [4.78, 5) is 20.1. The number of aromatic nitrogens is 4. The molecular weight excluding hydrogens is 553 g/mol. The topological polar surface area (TPSA) is 80.6 Å². The maximum atomic E-state index is 13.0. The third-order valence-corrected chi connectivity index (χ3v) is 7.85. The Bertz CT molecular complexity index is 1860. The van der Waals surface area contributed by atoms with Gasteiger partial charge >= 0.3 is 5.65 Å². The highest BCUT2D eigenvalue weighted by molar-refractivity contribution is 6.17. The summed E-state index contributed by atoms with van der Waals surface area (Å²) in [7, 11) is 0. The molecule has 2 heterocycles. The molecule has 0 aliphatic carbocycles. The molecular formula is C33H28Cl2N5O+. The van der Waals surface area contributed by atoms with E-state index in [2.05, 4.69) is 82.8 Å². The van der Waals surface area contributed by atoms with Gasteiger partial charge in [-0.15, -0.1) is 23.2 Å². The number of nitrogen functional groups attached to an aromatic ring is 1. The lowest BCUT2D eigenvalue weighted by atomic mass is 10.0. The zero-order valence-corrected chi connectivity index (χ0v) is 23.7. The van der Waals surface area contributed by atoms with Crippen LogP contribution in [0.2, 0.25) is 0 Å². The third-order valence-electron chi connectivity index (χ3n) is 7.23. The molecule has 0 saturated heterocycles. The van der Waals surface area contributed by atoms with Crippen LogP contribution >= 0.6 is 23.2 Å². The van der Waals surface area contributed by atoms with E-state index in [1.165, 1.54) is 0 Å². The highest BCUT2D eigenvalue weighted by Gasteiger charge is 2.22. The molecule has 2 aromatic heterocycles. The van der Waals surface area contributed by atoms with Gasteiger partial charge in [0, 0.05) is 11.8 Å². The van der Waals surface area contributed by atoms with E-state index in [1.54, 1.807) is 0 Å². The van der Waals surface area contributed by atoms with E-state index in [0.29, 0.717) is 36.0 Å². The normalized spacial score (nSPS) is 11.3. The number of hydrogen-bond acceptors (Lipinski definition) is 3. The summed E-state index contributed by atoms with van der Waals surface area (Å²) in [5.74, 6) is 1.09. The number of benzene rings is 4. The summed E-state index contributed by atoms with van der Waals surface area (Å²) in [6.45, 7) is 1.06. The van der Waals surface area contributed by atoms with Gasteiger partial charge in [0.15, 0.2) is 6.33 Å². The smallest absolute Gasteiger partial charge is 0.311 e. The Morgan fingerprint density at radius 3 is 1.59 bits per heavy atom. The Hall–Kier alpha value is -4.39. The summed E-state index contributed by atoms with van der Waals surface area (Å²) in [5.41, 5.74) is 15.5. The van der Waals surface area contributed by atoms with E-state index in [4.69, 9.17) is 28.9 Å². The molecule has 41 heavy (non-hydrogen) atoms. The Morgan fingerprint density at radius 2 is 1.12 bits per heavy atom. The van der Waals surface area contributed by atoms with Gasteiger partial charge in [-0.1, -0.05) is 102 Å². The molecule has 0 bridgehead atoms. The number of hydrogen-bond donors (Lipinski definition) is 2. The summed E-state index contributed by atoms with van der Waals surface area (Å²) >= 11 is 11.9. The minimum Gasteiger partial charge on any atom is -0.355 e. The van der Waals surface area contributed by atoms with Crippen molar-refractivity contribution in [3.63, 3.8) is 0 Å². The number of halogens is 2. The van der Waals surface area contributed by atoms with Crippen molar-refractivity contribution in [2.24, 2.45) is 0 Å². The number of anilines is 1. The van der Waals surface area contributed by atoms with Crippen LogP contribution in [-0.4, -0.2) is 14.5 Å². The van der Waals surface area contributed by atoms with Crippen LogP contribution in [0.15, 0.2) is 108 Å². The standard InChI is InChI=1S/C33H27Cl2N5O/c34-17-22-1-9-26(10-2-22)28-13-5-24(6-14-28)19-39-21-40(31-30(39)32(41)38-33(36)37-31)20-25-7-15-29(16-8-25)27-11-3-23(18-35)4-12-27/h1-16,21H,17-20H2,(H2-,36,37,38,41)/p+1. The van der Waals surface area contributed by atoms with Crippen LogP contribution in [0, 0.1) is 0 Å². The predicted molar refractivity (Wildman–Crippen MR) is 166 cm³/mol. The number of alkyl halides is 2. The first kappa shape index (κ1) is 26.8. The van der Waals surface area contributed by atoms with Gasteiger partial charge in [0.2, 0.25) is 5.52 Å². The third kappa shape index (κ3) is 5.75. The molecule has 0 aliphatic rings. The van der Waals surface area contributed by atoms with Gasteiger partial charge in [-0.05, 0) is 44.5 Å². The minimum atomic E-state index is -0.266. The first-order chi connectivity index (χ1) is 20.0. The summed E-state index contributed by atoms with van der Waals surface area (Å²) < 4.78 is 3.90. The second kappa shape index (κ2) is 11.6. The molecule has 8 heteroatoms. The Kier molecular flexibility index (Phi) is 7.59. The molecule has 4 aromatic carbocycles. The molecule has 6 rings (SSSR count). The van der Waals surface area contributed by atoms with Crippen molar-refractivity contribution in [3.8, 4) is 22.3 Å². The van der Waals surface area contributed by atoms with E-state index in [-0.39, 0.29) is 11.5 Å². The van der Waals surface area contributed by atoms with Gasteiger partial charge in [-0.2, -0.15) is 0 Å². The van der Waals surface area contributed by atoms with Crippen molar-refractivity contribution >= 4 is 40.3 Å². The molecule has 0 saturated carbocycles. The van der Waals surface area contributed by atoms with Crippen molar-refractivity contribution in [1.29, 1.82) is 0 Å². The van der Waals surface area contributed by atoms with Gasteiger partial charge in [0.1, 0.15) is 0 Å². The molecule has 0 atom stereocenters. The SMILES string of the molecule is Nc1nc2c(c(=O)[nH]1)n(Cc1ccc(-c3ccc(CCl)cc3)cc1)c[n+]2Cc1ccc(-c2ccc(CCl)cc2)cc1. The number of rotatable bonds is 8. The van der Waals surface area contributed by atoms with Crippen LogP contribution in [0.25, 0.3) is 33.4 Å². The Labute approximate surface area is 247 Å². The zero-order chi connectivity index (χ0) is 28.3. The minimum absolute atomic E-state index is 0.0919. The van der Waals surface area contributed by atoms with E-state index in [0.717, 1.165) is 44.5 Å². The predicted octanol–water partition coefficient (Wildman–Crippen LogP) is 6.50. The molecule has 3 N–H and O–H groups in total. The maximum Gasteiger partial charge on any atom is 0.311 e. The first-order valence-electron chi connectivity index (χ1n) is 13.3. The number of H-pyrrole nitrogens is 1. The molecule has 0 spiro atoms. The molecule has 0 radical (unpaired) electrons. The lowest BCUT2D eigenvalue weighted by molar-refractivity contribution is -0.665. The first-order valence-corrected chi connectivity index (χ1v) is 14.3. The van der Waals surface area contributed by atoms with Crippen molar-refractivity contribution < 1.29 is 4.57 Å². The van der Waals surface area contributed by atoms with Crippen molar-refractivity contribution in [1.82, 2.24) is 14.5 Å². The largest absolute Gasteiger partial charge is 0.355 e. The molecule has 6 aromatic rings. The van der Waals surface area contributed by atoms with Gasteiger partial charge in [0.05, 0.1) is 13.1 Å². The fourth-order valence-corrected chi connectivity index (χ4v) is 5.37. The van der Waals surface area contributed by atoms with Gasteiger partial charge < -0.3 is 5.73 Å². The van der Waals surface area contributed by atoms with E-state index >= 15 is 0 Å². The van der Waals surface area contributed by atoms with Gasteiger partial charge in [-0.25, -0.2) is 4.57 Å². The molecule has 0 unspecified atom stereocenters. The van der Waals surface area contributed by atoms with Gasteiger partial charge in [0.25, 0.3) is 11.5 Å². The van der Waals surface area contributed by atoms with Crippen LogP contribution in [0.1, 0.15) is 22.3 Å². The number of nitrogens with one attached hydrogen (secondary N) is 1. The number of nitrogens with two attached hydrogens (primary N) is 1. The molecule has 0 fully saturated rings. The van der Waals surface area contributed by atoms with Crippen LogP contribution in [0.3, 0.4) is 0 Å². The van der Waals surface area contributed by atoms with Crippen molar-refractivity contribution in [3.05, 3.63) is 136 Å². The highest BCUT2D eigenvalue weighted by atomic mass is 35.5. The van der Waals surface area contributed by atoms with Crippen LogP contribution < -0.4 is 15.9 Å². The summed E-state index contributed by atoms with van der Waals surface area (Å²) in [5, 5.41) is 0. The Balaban J connectivity index is 1.27. The Morgan fingerprint density at radius 1 is 0.683 bits per heavy atom. The van der Waals surface area contributed by atoms with Crippen LogP contribution in [0.4, 0.5) is 5.95 Å². The molecule has 6 nitrogen and oxygen atoms in total. The van der Waals surface area contributed by atoms with Crippen LogP contribution in [0.5, 0.6) is 0 Å². The summed E-state index contributed by atoms with van der Waals surface area (Å²) in [6.07, 6.45) is 1.93. The fraction of sp³-hybridized carbons (Fsp3) is 0.121. The number of nitrogens with zero attached hydrogens (tertiary/aromatic N) is 3. The average molecular weight is 582 g/mol. The molecule has 204 valence electrons. The zero-order valence-electron chi connectivity index (χ0n) is 22.2. The molecule has 0 aliphatic heterocycles. The second-order valence-corrected chi connectivity index (χ2v) is 10.6. The lowest BCUT2D eigenvalue weighted by Gasteiger charge is -2.05. The number of fused-ring (bicyclic) bond motifs is 1. The van der Waals surface area contributed by atoms with Crippen molar-refractivity contribution in [2.45, 2.75) is 24.8 Å². The average Bonchev–Trinajstić information content (AvgIpc) is 3.34.